The van der Waals surface area contributed by atoms with Gasteiger partial charge in [-0.3, -0.25) is 14.5 Å². The van der Waals surface area contributed by atoms with Gasteiger partial charge >= 0.3 is 0 Å². The lowest BCUT2D eigenvalue weighted by Gasteiger charge is -2.25. The van der Waals surface area contributed by atoms with Crippen LogP contribution in [0.4, 0.5) is 0 Å². The molecule has 0 saturated heterocycles. The summed E-state index contributed by atoms with van der Waals surface area (Å²) in [7, 11) is 1.87. The highest BCUT2D eigenvalue weighted by Crippen LogP contribution is 2.18. The van der Waals surface area contributed by atoms with Gasteiger partial charge in [0.1, 0.15) is 5.78 Å². The minimum Gasteiger partial charge on any atom is -0.353 e. The van der Waals surface area contributed by atoms with Gasteiger partial charge < -0.3 is 5.32 Å². The quantitative estimate of drug-likeness (QED) is 0.755. The van der Waals surface area contributed by atoms with E-state index in [0.717, 1.165) is 25.7 Å². The normalized spacial score (nSPS) is 21.7. The van der Waals surface area contributed by atoms with Crippen LogP contribution < -0.4 is 5.32 Å². The van der Waals surface area contributed by atoms with Crippen molar-refractivity contribution in [3.63, 3.8) is 0 Å². The lowest BCUT2D eigenvalue weighted by atomic mass is 10.1. The summed E-state index contributed by atoms with van der Waals surface area (Å²) in [5.74, 6) is 0.293. The molecule has 1 saturated carbocycles. The molecule has 1 aliphatic carbocycles. The number of rotatable bonds is 4. The maximum atomic E-state index is 11.9. The third-order valence-electron chi connectivity index (χ3n) is 3.15. The zero-order chi connectivity index (χ0) is 12.8. The summed E-state index contributed by atoms with van der Waals surface area (Å²) in [5, 5.41) is 2.85. The number of amides is 1. The van der Waals surface area contributed by atoms with Crippen molar-refractivity contribution in [1.82, 2.24) is 10.2 Å². The van der Waals surface area contributed by atoms with Crippen molar-refractivity contribution in [2.24, 2.45) is 0 Å². The van der Waals surface area contributed by atoms with Crippen LogP contribution in [-0.4, -0.2) is 42.3 Å². The Balaban J connectivity index is 2.47. The molecule has 0 spiro atoms. The lowest BCUT2D eigenvalue weighted by Crippen LogP contribution is -2.45. The monoisotopic (exact) mass is 240 g/mol. The van der Waals surface area contributed by atoms with Crippen LogP contribution in [0.3, 0.4) is 0 Å². The zero-order valence-electron chi connectivity index (χ0n) is 11.2. The summed E-state index contributed by atoms with van der Waals surface area (Å²) in [4.78, 5) is 25.4. The van der Waals surface area contributed by atoms with E-state index in [1.54, 1.807) is 0 Å². The molecule has 1 aliphatic rings. The van der Waals surface area contributed by atoms with Crippen molar-refractivity contribution < 1.29 is 9.59 Å². The van der Waals surface area contributed by atoms with Gasteiger partial charge in [0, 0.05) is 12.5 Å². The van der Waals surface area contributed by atoms with Crippen molar-refractivity contribution in [3.8, 4) is 0 Å². The molecule has 1 atom stereocenters. The van der Waals surface area contributed by atoms with Crippen LogP contribution in [0.25, 0.3) is 0 Å². The molecule has 1 amide bonds. The van der Waals surface area contributed by atoms with Crippen molar-refractivity contribution in [2.75, 3.05) is 13.6 Å². The average Bonchev–Trinajstić information content (AvgIpc) is 2.41. The van der Waals surface area contributed by atoms with E-state index in [2.05, 4.69) is 5.32 Å². The first-order valence-corrected chi connectivity index (χ1v) is 6.53. The van der Waals surface area contributed by atoms with Crippen LogP contribution in [0.15, 0.2) is 0 Å². The van der Waals surface area contributed by atoms with E-state index in [0.29, 0.717) is 18.7 Å². The molecule has 0 aromatic carbocycles. The molecule has 17 heavy (non-hydrogen) atoms. The Hall–Kier alpha value is -0.900. The molecule has 0 aromatic heterocycles. The SMILES string of the molecule is CC(C)NC(=O)CN(C)C1CCCCCC1=O. The predicted octanol–water partition coefficient (Wildman–Crippen LogP) is 1.34. The molecule has 1 unspecified atom stereocenters. The summed E-state index contributed by atoms with van der Waals surface area (Å²) in [5.41, 5.74) is 0. The molecule has 98 valence electrons. The van der Waals surface area contributed by atoms with E-state index >= 15 is 0 Å². The van der Waals surface area contributed by atoms with Crippen LogP contribution in [0, 0.1) is 0 Å². The number of nitrogens with zero attached hydrogens (tertiary/aromatic N) is 1. The molecule has 1 fully saturated rings. The molecule has 4 nitrogen and oxygen atoms in total. The second-order valence-electron chi connectivity index (χ2n) is 5.22. The minimum atomic E-state index is -0.0598. The first-order chi connectivity index (χ1) is 8.00. The number of carbonyl (C=O) groups excluding carboxylic acids is 2. The number of hydrogen-bond acceptors (Lipinski definition) is 3. The van der Waals surface area contributed by atoms with Crippen LogP contribution in [-0.2, 0) is 9.59 Å². The summed E-state index contributed by atoms with van der Waals surface area (Å²) in [6.45, 7) is 4.19. The standard InChI is InChI=1S/C13H24N2O2/c1-10(2)14-13(17)9-15(3)11-7-5-4-6-8-12(11)16/h10-11H,4-9H2,1-3H3,(H,14,17). The van der Waals surface area contributed by atoms with Crippen molar-refractivity contribution in [2.45, 2.75) is 58.0 Å². The van der Waals surface area contributed by atoms with E-state index < -0.39 is 0 Å². The van der Waals surface area contributed by atoms with Gasteiger partial charge in [0.05, 0.1) is 12.6 Å². The molecule has 0 aromatic rings. The van der Waals surface area contributed by atoms with Crippen molar-refractivity contribution in [1.29, 1.82) is 0 Å². The number of carbonyl (C=O) groups is 2. The highest BCUT2D eigenvalue weighted by Gasteiger charge is 2.25. The smallest absolute Gasteiger partial charge is 0.234 e. The Labute approximate surface area is 104 Å². The number of nitrogens with one attached hydrogen (secondary N) is 1. The molecule has 1 N–H and O–H groups in total. The molecule has 0 radical (unpaired) electrons. The van der Waals surface area contributed by atoms with Gasteiger partial charge in [-0.15, -0.1) is 0 Å². The van der Waals surface area contributed by atoms with Crippen molar-refractivity contribution in [3.05, 3.63) is 0 Å². The predicted molar refractivity (Wildman–Crippen MR) is 67.8 cm³/mol. The third kappa shape index (κ3) is 4.86. The second kappa shape index (κ2) is 6.74. The van der Waals surface area contributed by atoms with E-state index in [9.17, 15) is 9.59 Å². The van der Waals surface area contributed by atoms with Gasteiger partial charge in [-0.2, -0.15) is 0 Å². The minimum absolute atomic E-state index is 0.000420. The molecule has 0 aliphatic heterocycles. The first kappa shape index (κ1) is 14.2. The molecular weight excluding hydrogens is 216 g/mol. The Morgan fingerprint density at radius 1 is 1.41 bits per heavy atom. The summed E-state index contributed by atoms with van der Waals surface area (Å²) >= 11 is 0. The Kier molecular flexibility index (Phi) is 5.62. The number of Topliss-reactive ketones (excluding diaryl/α,β-unsaturated/α-hetero) is 1. The molecular formula is C13H24N2O2. The van der Waals surface area contributed by atoms with Crippen LogP contribution in [0.2, 0.25) is 0 Å². The Morgan fingerprint density at radius 2 is 2.12 bits per heavy atom. The fourth-order valence-electron chi connectivity index (χ4n) is 2.31. The number of likely N-dealkylation sites (N-methyl/N-ethyl adjacent to an activating group) is 1. The van der Waals surface area contributed by atoms with Gasteiger partial charge in [0.25, 0.3) is 0 Å². The Bertz CT molecular complexity index is 277. The summed E-state index contributed by atoms with van der Waals surface area (Å²) in [6.07, 6.45) is 4.78. The highest BCUT2D eigenvalue weighted by atomic mass is 16.2. The Morgan fingerprint density at radius 3 is 2.76 bits per heavy atom. The second-order valence-corrected chi connectivity index (χ2v) is 5.22. The first-order valence-electron chi connectivity index (χ1n) is 6.53. The average molecular weight is 240 g/mol. The van der Waals surface area contributed by atoms with Gasteiger partial charge in [0.2, 0.25) is 5.91 Å². The van der Waals surface area contributed by atoms with Gasteiger partial charge in [-0.25, -0.2) is 0 Å². The van der Waals surface area contributed by atoms with Crippen LogP contribution >= 0.6 is 0 Å². The topological polar surface area (TPSA) is 49.4 Å². The molecule has 0 heterocycles. The molecule has 4 heteroatoms. The number of hydrogen-bond donors (Lipinski definition) is 1. The van der Waals surface area contributed by atoms with Gasteiger partial charge in [0.15, 0.2) is 0 Å². The maximum Gasteiger partial charge on any atom is 0.234 e. The van der Waals surface area contributed by atoms with Crippen LogP contribution in [0.5, 0.6) is 0 Å². The summed E-state index contributed by atoms with van der Waals surface area (Å²) in [6, 6.07) is 0.0937. The van der Waals surface area contributed by atoms with Gasteiger partial charge in [-0.1, -0.05) is 12.8 Å². The fourth-order valence-corrected chi connectivity index (χ4v) is 2.31. The zero-order valence-corrected chi connectivity index (χ0v) is 11.2. The van der Waals surface area contributed by atoms with Crippen molar-refractivity contribution >= 4 is 11.7 Å². The molecule has 0 bridgehead atoms. The highest BCUT2D eigenvalue weighted by molar-refractivity contribution is 5.85. The van der Waals surface area contributed by atoms with E-state index in [1.165, 1.54) is 0 Å². The summed E-state index contributed by atoms with van der Waals surface area (Å²) < 4.78 is 0. The third-order valence-corrected chi connectivity index (χ3v) is 3.15. The fraction of sp³-hybridized carbons (Fsp3) is 0.846. The van der Waals surface area contributed by atoms with E-state index in [-0.39, 0.29) is 18.0 Å². The van der Waals surface area contributed by atoms with Gasteiger partial charge in [-0.05, 0) is 33.7 Å². The van der Waals surface area contributed by atoms with E-state index in [1.807, 2.05) is 25.8 Å². The molecule has 1 rings (SSSR count). The number of ketones is 1. The maximum absolute atomic E-state index is 11.9. The van der Waals surface area contributed by atoms with Crippen LogP contribution in [0.1, 0.15) is 46.0 Å². The lowest BCUT2D eigenvalue weighted by molar-refractivity contribution is -0.126. The van der Waals surface area contributed by atoms with E-state index in [4.69, 9.17) is 0 Å². The largest absolute Gasteiger partial charge is 0.353 e.